The van der Waals surface area contributed by atoms with Gasteiger partial charge in [0.2, 0.25) is 0 Å². The third kappa shape index (κ3) is 4.18. The molecule has 98 valence electrons. The maximum atomic E-state index is 4.63. The van der Waals surface area contributed by atoms with Crippen LogP contribution in [0.5, 0.6) is 0 Å². The first-order valence-corrected chi connectivity index (χ1v) is 7.41. The monoisotopic (exact) mass is 236 g/mol. The van der Waals surface area contributed by atoms with Gasteiger partial charge in [0.15, 0.2) is 0 Å². The molecule has 0 bridgehead atoms. The fourth-order valence-electron chi connectivity index (χ4n) is 2.52. The molecule has 0 aromatic heterocycles. The Morgan fingerprint density at radius 1 is 1.12 bits per heavy atom. The maximum Gasteiger partial charge on any atom is 0.127 e. The van der Waals surface area contributed by atoms with E-state index in [0.29, 0.717) is 0 Å². The molecule has 2 heterocycles. The Morgan fingerprint density at radius 3 is 2.35 bits per heavy atom. The molecule has 2 rings (SSSR count). The van der Waals surface area contributed by atoms with Crippen LogP contribution in [0.15, 0.2) is 16.4 Å². The van der Waals surface area contributed by atoms with Crippen LogP contribution in [0.4, 0.5) is 0 Å². The van der Waals surface area contributed by atoms with Gasteiger partial charge in [0.05, 0.1) is 0 Å². The summed E-state index contributed by atoms with van der Waals surface area (Å²) in [6, 6.07) is 0. The number of likely N-dealkylation sites (tertiary alicyclic amines) is 1. The summed E-state index contributed by atoms with van der Waals surface area (Å²) >= 11 is 0. The van der Waals surface area contributed by atoms with Crippen LogP contribution >= 0.6 is 0 Å². The minimum absolute atomic E-state index is 1.14. The number of hydrogen-bond donors (Lipinski definition) is 0. The lowest BCUT2D eigenvalue weighted by molar-refractivity contribution is 0.347. The first kappa shape index (κ1) is 14.3. The van der Waals surface area contributed by atoms with Crippen molar-refractivity contribution in [1.82, 2.24) is 4.90 Å². The molecule has 2 aliphatic heterocycles. The van der Waals surface area contributed by atoms with Crippen LogP contribution in [-0.2, 0) is 0 Å². The molecule has 2 aliphatic rings. The van der Waals surface area contributed by atoms with E-state index in [0.717, 1.165) is 6.42 Å². The molecule has 0 aliphatic carbocycles. The van der Waals surface area contributed by atoms with E-state index in [4.69, 9.17) is 0 Å². The van der Waals surface area contributed by atoms with E-state index in [2.05, 4.69) is 23.0 Å². The van der Waals surface area contributed by atoms with Gasteiger partial charge in [0.25, 0.3) is 0 Å². The summed E-state index contributed by atoms with van der Waals surface area (Å²) in [5.74, 6) is 1.31. The number of allylic oxidation sites excluding steroid dienone is 1. The predicted molar refractivity (Wildman–Crippen MR) is 76.4 cm³/mol. The van der Waals surface area contributed by atoms with Crippen molar-refractivity contribution in [2.45, 2.75) is 65.7 Å². The zero-order valence-corrected chi connectivity index (χ0v) is 11.8. The fourth-order valence-corrected chi connectivity index (χ4v) is 2.52. The number of nitrogens with zero attached hydrogens (tertiary/aromatic N) is 2. The van der Waals surface area contributed by atoms with Gasteiger partial charge >= 0.3 is 0 Å². The van der Waals surface area contributed by atoms with Crippen molar-refractivity contribution in [1.29, 1.82) is 0 Å². The summed E-state index contributed by atoms with van der Waals surface area (Å²) in [6.45, 7) is 8.69. The van der Waals surface area contributed by atoms with Gasteiger partial charge in [0.1, 0.15) is 5.82 Å². The predicted octanol–water partition coefficient (Wildman–Crippen LogP) is 4.37. The van der Waals surface area contributed by atoms with Crippen molar-refractivity contribution in [3.05, 3.63) is 11.4 Å². The minimum atomic E-state index is 1.14. The molecule has 2 nitrogen and oxygen atoms in total. The molecule has 0 radical (unpaired) electrons. The molecule has 0 amide bonds. The van der Waals surface area contributed by atoms with E-state index in [9.17, 15) is 0 Å². The van der Waals surface area contributed by atoms with E-state index < -0.39 is 0 Å². The molecular weight excluding hydrogens is 208 g/mol. The lowest BCUT2D eigenvalue weighted by Gasteiger charge is -2.27. The highest BCUT2D eigenvalue weighted by molar-refractivity contribution is 5.61. The molecule has 0 unspecified atom stereocenters. The number of hydrogen-bond acceptors (Lipinski definition) is 2. The molecule has 0 aromatic rings. The first-order chi connectivity index (χ1) is 8.42. The SMILES string of the molecule is CC.CCC1=C(N2CCCCCC2)N=CCC1. The standard InChI is InChI=1S/C13H22N2.C2H6/c1-2-12-8-7-9-14-13(12)15-10-5-3-4-6-11-15;1-2/h9H,2-8,10-11H2,1H3;1-2H3. The number of aliphatic imine (C=N–C) groups is 1. The summed E-state index contributed by atoms with van der Waals surface area (Å²) in [5, 5.41) is 0. The van der Waals surface area contributed by atoms with Gasteiger partial charge in [-0.25, -0.2) is 4.99 Å². The van der Waals surface area contributed by atoms with Crippen LogP contribution < -0.4 is 0 Å². The molecule has 0 saturated carbocycles. The minimum Gasteiger partial charge on any atom is -0.357 e. The van der Waals surface area contributed by atoms with Gasteiger partial charge in [-0.2, -0.15) is 0 Å². The Labute approximate surface area is 107 Å². The van der Waals surface area contributed by atoms with E-state index in [1.165, 1.54) is 57.4 Å². The Balaban J connectivity index is 0.000000686. The summed E-state index contributed by atoms with van der Waals surface area (Å²) in [7, 11) is 0. The largest absolute Gasteiger partial charge is 0.357 e. The average molecular weight is 236 g/mol. The first-order valence-electron chi connectivity index (χ1n) is 7.41. The highest BCUT2D eigenvalue weighted by Gasteiger charge is 2.16. The molecular formula is C15H28N2. The quantitative estimate of drug-likeness (QED) is 0.695. The molecule has 0 N–H and O–H groups in total. The van der Waals surface area contributed by atoms with Gasteiger partial charge in [0, 0.05) is 19.3 Å². The van der Waals surface area contributed by atoms with Crippen LogP contribution in [0.1, 0.15) is 65.7 Å². The second-order valence-electron chi connectivity index (χ2n) is 4.53. The van der Waals surface area contributed by atoms with E-state index in [1.54, 1.807) is 5.57 Å². The Hall–Kier alpha value is -0.790. The Bertz CT molecular complexity index is 258. The van der Waals surface area contributed by atoms with Crippen molar-refractivity contribution in [2.24, 2.45) is 4.99 Å². The topological polar surface area (TPSA) is 15.6 Å². The zero-order valence-electron chi connectivity index (χ0n) is 11.8. The highest BCUT2D eigenvalue weighted by Crippen LogP contribution is 2.25. The van der Waals surface area contributed by atoms with Crippen molar-refractivity contribution < 1.29 is 0 Å². The second-order valence-corrected chi connectivity index (χ2v) is 4.53. The van der Waals surface area contributed by atoms with Gasteiger partial charge < -0.3 is 4.90 Å². The molecule has 0 atom stereocenters. The zero-order chi connectivity index (χ0) is 12.5. The van der Waals surface area contributed by atoms with Gasteiger partial charge in [-0.1, -0.05) is 33.6 Å². The summed E-state index contributed by atoms with van der Waals surface area (Å²) in [6.07, 6.45) is 11.1. The van der Waals surface area contributed by atoms with E-state index in [1.807, 2.05) is 13.8 Å². The summed E-state index contributed by atoms with van der Waals surface area (Å²) < 4.78 is 0. The maximum absolute atomic E-state index is 4.63. The van der Waals surface area contributed by atoms with Gasteiger partial charge in [-0.3, -0.25) is 0 Å². The van der Waals surface area contributed by atoms with Crippen LogP contribution in [-0.4, -0.2) is 24.2 Å². The molecule has 0 spiro atoms. The highest BCUT2D eigenvalue weighted by atomic mass is 15.2. The molecule has 2 heteroatoms. The fraction of sp³-hybridized carbons (Fsp3) is 0.800. The van der Waals surface area contributed by atoms with Crippen LogP contribution in [0.25, 0.3) is 0 Å². The van der Waals surface area contributed by atoms with Crippen molar-refractivity contribution in [3.63, 3.8) is 0 Å². The Kier molecular flexibility index (Phi) is 6.99. The second kappa shape index (κ2) is 8.32. The average Bonchev–Trinajstić information content (AvgIpc) is 2.70. The summed E-state index contributed by atoms with van der Waals surface area (Å²) in [5.41, 5.74) is 1.57. The summed E-state index contributed by atoms with van der Waals surface area (Å²) in [4.78, 5) is 7.14. The van der Waals surface area contributed by atoms with Gasteiger partial charge in [-0.05, 0) is 37.7 Å². The van der Waals surface area contributed by atoms with E-state index in [-0.39, 0.29) is 0 Å². The van der Waals surface area contributed by atoms with Crippen LogP contribution in [0, 0.1) is 0 Å². The number of rotatable bonds is 2. The van der Waals surface area contributed by atoms with Crippen molar-refractivity contribution in [3.8, 4) is 0 Å². The van der Waals surface area contributed by atoms with Crippen molar-refractivity contribution >= 4 is 6.21 Å². The third-order valence-electron chi connectivity index (χ3n) is 3.44. The van der Waals surface area contributed by atoms with E-state index >= 15 is 0 Å². The van der Waals surface area contributed by atoms with Gasteiger partial charge in [-0.15, -0.1) is 0 Å². The molecule has 1 fully saturated rings. The normalized spacial score (nSPS) is 20.8. The third-order valence-corrected chi connectivity index (χ3v) is 3.44. The van der Waals surface area contributed by atoms with Crippen LogP contribution in [0.2, 0.25) is 0 Å². The molecule has 17 heavy (non-hydrogen) atoms. The lowest BCUT2D eigenvalue weighted by Crippen LogP contribution is -2.25. The Morgan fingerprint density at radius 2 is 1.76 bits per heavy atom. The molecule has 0 aromatic carbocycles. The van der Waals surface area contributed by atoms with Crippen LogP contribution in [0.3, 0.4) is 0 Å². The van der Waals surface area contributed by atoms with Crippen molar-refractivity contribution in [2.75, 3.05) is 13.1 Å². The smallest absolute Gasteiger partial charge is 0.127 e. The molecule has 1 saturated heterocycles. The lowest BCUT2D eigenvalue weighted by atomic mass is 10.1.